The molecule has 2 aromatic rings. The second-order valence-corrected chi connectivity index (χ2v) is 5.89. The number of benzene rings is 2. The molecule has 28 heavy (non-hydrogen) atoms. The zero-order valence-corrected chi connectivity index (χ0v) is 16.0. The fraction of sp³-hybridized carbons (Fsp3) is 0.350. The second kappa shape index (κ2) is 10.5. The predicted octanol–water partition coefficient (Wildman–Crippen LogP) is 3.59. The van der Waals surface area contributed by atoms with Crippen molar-refractivity contribution in [2.45, 2.75) is 13.2 Å². The molecule has 0 atom stereocenters. The van der Waals surface area contributed by atoms with Gasteiger partial charge in [-0.3, -0.25) is 4.79 Å². The molecule has 0 fully saturated rings. The number of carbonyl (C=O) groups is 1. The van der Waals surface area contributed by atoms with Gasteiger partial charge in [0.2, 0.25) is 0 Å². The van der Waals surface area contributed by atoms with Crippen LogP contribution in [0, 0.1) is 0 Å². The van der Waals surface area contributed by atoms with E-state index < -0.39 is 6.61 Å². The summed E-state index contributed by atoms with van der Waals surface area (Å²) in [5.41, 5.74) is 1.08. The SMILES string of the molecule is COCCOc1cccc(C(=O)N(C)Cc2ccc(OC)c(OC(F)F)c2)c1. The number of amides is 1. The fourth-order valence-electron chi connectivity index (χ4n) is 2.54. The number of ether oxygens (including phenoxy) is 4. The summed E-state index contributed by atoms with van der Waals surface area (Å²) in [6, 6.07) is 11.4. The van der Waals surface area contributed by atoms with Gasteiger partial charge in [-0.25, -0.2) is 0 Å². The van der Waals surface area contributed by atoms with E-state index in [1.807, 2.05) is 0 Å². The van der Waals surface area contributed by atoms with Crippen LogP contribution in [0.1, 0.15) is 15.9 Å². The van der Waals surface area contributed by atoms with Gasteiger partial charge >= 0.3 is 6.61 Å². The summed E-state index contributed by atoms with van der Waals surface area (Å²) in [7, 11) is 4.57. The topological polar surface area (TPSA) is 57.2 Å². The van der Waals surface area contributed by atoms with Gasteiger partial charge in [0.25, 0.3) is 5.91 Å². The molecule has 152 valence electrons. The van der Waals surface area contributed by atoms with E-state index in [-0.39, 0.29) is 24.0 Å². The van der Waals surface area contributed by atoms with Crippen LogP contribution in [0.5, 0.6) is 17.2 Å². The molecule has 0 aromatic heterocycles. The Kier molecular flexibility index (Phi) is 8.01. The Hall–Kier alpha value is -2.87. The van der Waals surface area contributed by atoms with Crippen molar-refractivity contribution in [3.05, 3.63) is 53.6 Å². The number of carbonyl (C=O) groups excluding carboxylic acids is 1. The van der Waals surface area contributed by atoms with Crippen molar-refractivity contribution in [3.63, 3.8) is 0 Å². The molecule has 0 radical (unpaired) electrons. The van der Waals surface area contributed by atoms with Gasteiger partial charge < -0.3 is 23.8 Å². The molecule has 2 rings (SSSR count). The Labute approximate surface area is 162 Å². The maximum Gasteiger partial charge on any atom is 0.387 e. The molecule has 8 heteroatoms. The van der Waals surface area contributed by atoms with Crippen molar-refractivity contribution in [1.82, 2.24) is 4.90 Å². The lowest BCUT2D eigenvalue weighted by atomic mass is 10.1. The van der Waals surface area contributed by atoms with Crippen molar-refractivity contribution in [1.29, 1.82) is 0 Å². The maximum absolute atomic E-state index is 12.7. The highest BCUT2D eigenvalue weighted by atomic mass is 19.3. The number of hydrogen-bond donors (Lipinski definition) is 0. The number of nitrogens with zero attached hydrogens (tertiary/aromatic N) is 1. The molecule has 6 nitrogen and oxygen atoms in total. The van der Waals surface area contributed by atoms with Gasteiger partial charge in [0.05, 0.1) is 13.7 Å². The number of rotatable bonds is 10. The van der Waals surface area contributed by atoms with Crippen LogP contribution in [0.3, 0.4) is 0 Å². The lowest BCUT2D eigenvalue weighted by molar-refractivity contribution is -0.0512. The van der Waals surface area contributed by atoms with Gasteiger partial charge in [-0.2, -0.15) is 8.78 Å². The van der Waals surface area contributed by atoms with E-state index in [1.165, 1.54) is 24.1 Å². The zero-order valence-electron chi connectivity index (χ0n) is 16.0. The van der Waals surface area contributed by atoms with E-state index in [1.54, 1.807) is 44.5 Å². The summed E-state index contributed by atoms with van der Waals surface area (Å²) < 4.78 is 45.1. The fourth-order valence-corrected chi connectivity index (χ4v) is 2.54. The van der Waals surface area contributed by atoms with E-state index in [4.69, 9.17) is 14.2 Å². The molecule has 0 spiro atoms. The van der Waals surface area contributed by atoms with Crippen molar-refractivity contribution in [3.8, 4) is 17.2 Å². The summed E-state index contributed by atoms with van der Waals surface area (Å²) >= 11 is 0. The first-order valence-electron chi connectivity index (χ1n) is 8.53. The van der Waals surface area contributed by atoms with E-state index in [0.29, 0.717) is 30.1 Å². The van der Waals surface area contributed by atoms with Crippen LogP contribution in [0.15, 0.2) is 42.5 Å². The average molecular weight is 395 g/mol. The summed E-state index contributed by atoms with van der Waals surface area (Å²) in [4.78, 5) is 14.2. The summed E-state index contributed by atoms with van der Waals surface area (Å²) in [6.07, 6.45) is 0. The minimum absolute atomic E-state index is 0.0793. The van der Waals surface area contributed by atoms with Crippen molar-refractivity contribution >= 4 is 5.91 Å². The summed E-state index contributed by atoms with van der Waals surface area (Å²) in [5.74, 6) is 0.445. The quantitative estimate of drug-likeness (QED) is 0.576. The molecule has 1 amide bonds. The minimum atomic E-state index is -2.97. The van der Waals surface area contributed by atoms with Gasteiger partial charge in [-0.15, -0.1) is 0 Å². The van der Waals surface area contributed by atoms with E-state index in [9.17, 15) is 13.6 Å². The van der Waals surface area contributed by atoms with Crippen LogP contribution < -0.4 is 14.2 Å². The van der Waals surface area contributed by atoms with Gasteiger partial charge in [0, 0.05) is 26.3 Å². The number of halogens is 2. The summed E-state index contributed by atoms with van der Waals surface area (Å²) in [6.45, 7) is -1.94. The van der Waals surface area contributed by atoms with Crippen LogP contribution in [-0.2, 0) is 11.3 Å². The maximum atomic E-state index is 12.7. The van der Waals surface area contributed by atoms with Crippen LogP contribution in [0.2, 0.25) is 0 Å². The monoisotopic (exact) mass is 395 g/mol. The van der Waals surface area contributed by atoms with E-state index >= 15 is 0 Å². The lowest BCUT2D eigenvalue weighted by Crippen LogP contribution is -2.26. The van der Waals surface area contributed by atoms with Gasteiger partial charge in [-0.05, 0) is 35.9 Å². The van der Waals surface area contributed by atoms with Crippen molar-refractivity contribution in [2.75, 3.05) is 34.5 Å². The molecule has 0 bridgehead atoms. The molecule has 2 aromatic carbocycles. The highest BCUT2D eigenvalue weighted by Gasteiger charge is 2.16. The molecule has 0 heterocycles. The first-order valence-corrected chi connectivity index (χ1v) is 8.53. The lowest BCUT2D eigenvalue weighted by Gasteiger charge is -2.19. The van der Waals surface area contributed by atoms with Gasteiger partial charge in [0.15, 0.2) is 11.5 Å². The van der Waals surface area contributed by atoms with Crippen LogP contribution in [-0.4, -0.2) is 51.9 Å². The number of alkyl halides is 2. The van der Waals surface area contributed by atoms with Gasteiger partial charge in [0.1, 0.15) is 12.4 Å². The Morgan fingerprint density at radius 3 is 2.54 bits per heavy atom. The smallest absolute Gasteiger partial charge is 0.387 e. The average Bonchev–Trinajstić information content (AvgIpc) is 2.67. The second-order valence-electron chi connectivity index (χ2n) is 5.89. The first kappa shape index (κ1) is 21.4. The first-order chi connectivity index (χ1) is 13.4. The third-order valence-corrected chi connectivity index (χ3v) is 3.85. The normalized spacial score (nSPS) is 10.6. The third-order valence-electron chi connectivity index (χ3n) is 3.85. The van der Waals surface area contributed by atoms with Crippen LogP contribution >= 0.6 is 0 Å². The van der Waals surface area contributed by atoms with Crippen molar-refractivity contribution in [2.24, 2.45) is 0 Å². The predicted molar refractivity (Wildman–Crippen MR) is 99.2 cm³/mol. The highest BCUT2D eigenvalue weighted by molar-refractivity contribution is 5.94. The number of methoxy groups -OCH3 is 2. The van der Waals surface area contributed by atoms with Crippen LogP contribution in [0.4, 0.5) is 8.78 Å². The Bertz CT molecular complexity index is 785. The Morgan fingerprint density at radius 1 is 1.07 bits per heavy atom. The Morgan fingerprint density at radius 2 is 1.86 bits per heavy atom. The van der Waals surface area contributed by atoms with E-state index in [2.05, 4.69) is 4.74 Å². The van der Waals surface area contributed by atoms with Crippen LogP contribution in [0.25, 0.3) is 0 Å². The number of hydrogen-bond acceptors (Lipinski definition) is 5. The third kappa shape index (κ3) is 6.09. The minimum Gasteiger partial charge on any atom is -0.493 e. The summed E-state index contributed by atoms with van der Waals surface area (Å²) in [5, 5.41) is 0. The molecule has 0 saturated heterocycles. The molecule has 0 aliphatic rings. The van der Waals surface area contributed by atoms with Gasteiger partial charge in [-0.1, -0.05) is 12.1 Å². The molecule has 0 aliphatic carbocycles. The van der Waals surface area contributed by atoms with Crippen molar-refractivity contribution < 1.29 is 32.5 Å². The molecule has 0 unspecified atom stereocenters. The molecule has 0 aliphatic heterocycles. The van der Waals surface area contributed by atoms with E-state index in [0.717, 1.165) is 0 Å². The molecular formula is C20H23F2NO5. The Balaban J connectivity index is 2.08. The molecule has 0 saturated carbocycles. The molecule has 0 N–H and O–H groups in total. The highest BCUT2D eigenvalue weighted by Crippen LogP contribution is 2.30. The standard InChI is InChI=1S/C20H23F2NO5/c1-23(13-14-7-8-17(26-3)18(11-14)28-20(21)22)19(24)15-5-4-6-16(12-15)27-10-9-25-2/h4-8,11-12,20H,9-10,13H2,1-3H3. The zero-order chi connectivity index (χ0) is 20.5. The largest absolute Gasteiger partial charge is 0.493 e. The molecular weight excluding hydrogens is 372 g/mol.